The molecule has 216 valence electrons. The molecular weight excluding hydrogens is 556 g/mol. The first-order valence-corrected chi connectivity index (χ1v) is 13.5. The number of hydrogen-bond acceptors (Lipinski definition) is 10. The van der Waals surface area contributed by atoms with Crippen molar-refractivity contribution in [1.82, 2.24) is 9.97 Å². The highest BCUT2D eigenvalue weighted by Crippen LogP contribution is 2.26. The van der Waals surface area contributed by atoms with E-state index in [2.05, 4.69) is 31.0 Å². The molecule has 0 radical (unpaired) electrons. The van der Waals surface area contributed by atoms with Gasteiger partial charge in [-0.2, -0.15) is 10.2 Å². The smallest absolute Gasteiger partial charge is 0.217 e. The highest BCUT2D eigenvalue weighted by Gasteiger charge is 2.15. The number of hydrogen-bond donors (Lipinski definition) is 6. The molecule has 0 atom stereocenters. The van der Waals surface area contributed by atoms with E-state index in [4.69, 9.17) is 22.3 Å². The van der Waals surface area contributed by atoms with Gasteiger partial charge in [0.15, 0.2) is 10.7 Å². The molecule has 44 heavy (non-hydrogen) atoms. The second-order valence-corrected chi connectivity index (χ2v) is 10.2. The van der Waals surface area contributed by atoms with E-state index in [0.29, 0.717) is 66.5 Å². The van der Waals surface area contributed by atoms with Crippen molar-refractivity contribution in [3.05, 3.63) is 126 Å². The minimum atomic E-state index is -0.335. The van der Waals surface area contributed by atoms with Crippen molar-refractivity contribution in [2.24, 2.45) is 21.7 Å². The van der Waals surface area contributed by atoms with E-state index >= 15 is 0 Å². The molecule has 0 saturated heterocycles. The molecule has 0 amide bonds. The van der Waals surface area contributed by atoms with Gasteiger partial charge in [-0.1, -0.05) is 12.1 Å². The average Bonchev–Trinajstić information content (AvgIpc) is 3.00. The summed E-state index contributed by atoms with van der Waals surface area (Å²) in [7, 11) is 0. The normalized spacial score (nSPS) is 12.2. The maximum Gasteiger partial charge on any atom is 0.217 e. The number of nitrogen functional groups attached to an aromatic ring is 2. The molecule has 0 unspecified atom stereocenters. The first kappa shape index (κ1) is 27.8. The summed E-state index contributed by atoms with van der Waals surface area (Å²) in [4.78, 5) is 36.9. The van der Waals surface area contributed by atoms with Crippen LogP contribution in [0.1, 0.15) is 22.5 Å². The Balaban J connectivity index is 1.49. The maximum atomic E-state index is 13.8. The number of pyridine rings is 2. The van der Waals surface area contributed by atoms with Gasteiger partial charge in [0.25, 0.3) is 0 Å². The minimum Gasteiger partial charge on any atom is -0.384 e. The van der Waals surface area contributed by atoms with Crippen molar-refractivity contribution in [1.29, 1.82) is 10.8 Å². The number of rotatable bonds is 6. The Kier molecular flexibility index (Phi) is 6.86. The summed E-state index contributed by atoms with van der Waals surface area (Å²) in [5, 5.41) is 25.9. The van der Waals surface area contributed by atoms with E-state index < -0.39 is 0 Å². The molecule has 0 aliphatic heterocycles. The van der Waals surface area contributed by atoms with Crippen molar-refractivity contribution in [3.8, 4) is 0 Å². The SMILES string of the molecule is Cc1nc2ccc3c(ccc4nc(C)c(=NNc5ccc(C(=N)N)cc5)c(=O)c43)c2c(=O)c1=NNc1ccc(C(=N)N)cc1. The van der Waals surface area contributed by atoms with Crippen LogP contribution in [-0.2, 0) is 0 Å². The van der Waals surface area contributed by atoms with Crippen LogP contribution in [0.5, 0.6) is 0 Å². The first-order chi connectivity index (χ1) is 21.1. The summed E-state index contributed by atoms with van der Waals surface area (Å²) in [5.74, 6) is -0.0955. The van der Waals surface area contributed by atoms with E-state index in [1.807, 2.05) is 0 Å². The van der Waals surface area contributed by atoms with E-state index in [-0.39, 0.29) is 33.2 Å². The van der Waals surface area contributed by atoms with Crippen LogP contribution in [-0.4, -0.2) is 21.6 Å². The Morgan fingerprint density at radius 2 is 0.977 bits per heavy atom. The second-order valence-electron chi connectivity index (χ2n) is 10.2. The van der Waals surface area contributed by atoms with Crippen LogP contribution in [0, 0.1) is 24.7 Å². The van der Waals surface area contributed by atoms with Crippen molar-refractivity contribution in [3.63, 3.8) is 0 Å². The molecule has 4 aromatic carbocycles. The van der Waals surface area contributed by atoms with Gasteiger partial charge in [-0.25, -0.2) is 0 Å². The Labute approximate surface area is 249 Å². The predicted octanol–water partition coefficient (Wildman–Crippen LogP) is 2.57. The van der Waals surface area contributed by atoms with E-state index in [0.717, 1.165) is 0 Å². The average molecular weight is 583 g/mol. The summed E-state index contributed by atoms with van der Waals surface area (Å²) in [6, 6.07) is 20.5. The second kappa shape index (κ2) is 10.8. The molecule has 0 fully saturated rings. The fourth-order valence-electron chi connectivity index (χ4n) is 5.03. The number of amidine groups is 2. The Morgan fingerprint density at radius 1 is 0.614 bits per heavy atom. The molecule has 8 N–H and O–H groups in total. The van der Waals surface area contributed by atoms with Crippen LogP contribution in [0.3, 0.4) is 0 Å². The lowest BCUT2D eigenvalue weighted by molar-refractivity contribution is 1.10. The Hall–Kier alpha value is -6.30. The number of aromatic nitrogens is 2. The quantitative estimate of drug-likeness (QED) is 0.0742. The molecule has 12 nitrogen and oxygen atoms in total. The minimum absolute atomic E-state index is 0.0478. The number of nitrogens with zero attached hydrogens (tertiary/aromatic N) is 4. The van der Waals surface area contributed by atoms with Crippen LogP contribution in [0.15, 0.2) is 92.6 Å². The third-order valence-electron chi connectivity index (χ3n) is 7.29. The van der Waals surface area contributed by atoms with Crippen LogP contribution in [0.4, 0.5) is 11.4 Å². The fourth-order valence-corrected chi connectivity index (χ4v) is 5.03. The summed E-state index contributed by atoms with van der Waals surface area (Å²) in [6.45, 7) is 3.42. The zero-order chi connectivity index (χ0) is 31.1. The predicted molar refractivity (Wildman–Crippen MR) is 172 cm³/mol. The number of fused-ring (bicyclic) bond motifs is 5. The topological polar surface area (TPSA) is 208 Å². The van der Waals surface area contributed by atoms with Crippen LogP contribution in [0.25, 0.3) is 32.6 Å². The van der Waals surface area contributed by atoms with Gasteiger partial charge in [-0.3, -0.25) is 41.2 Å². The van der Waals surface area contributed by atoms with Crippen molar-refractivity contribution in [2.45, 2.75) is 13.8 Å². The van der Waals surface area contributed by atoms with Crippen LogP contribution in [0.2, 0.25) is 0 Å². The molecule has 2 aromatic heterocycles. The van der Waals surface area contributed by atoms with Gasteiger partial charge in [0.05, 0.1) is 44.6 Å². The zero-order valence-electron chi connectivity index (χ0n) is 23.7. The van der Waals surface area contributed by atoms with Crippen molar-refractivity contribution >= 4 is 55.6 Å². The van der Waals surface area contributed by atoms with Gasteiger partial charge in [0, 0.05) is 11.1 Å². The van der Waals surface area contributed by atoms with Crippen molar-refractivity contribution < 1.29 is 0 Å². The van der Waals surface area contributed by atoms with E-state index in [1.54, 1.807) is 86.6 Å². The molecule has 2 heterocycles. The van der Waals surface area contributed by atoms with Gasteiger partial charge in [0.2, 0.25) is 10.9 Å². The summed E-state index contributed by atoms with van der Waals surface area (Å²) >= 11 is 0. The third-order valence-corrected chi connectivity index (χ3v) is 7.29. The van der Waals surface area contributed by atoms with Gasteiger partial charge < -0.3 is 11.5 Å². The van der Waals surface area contributed by atoms with Crippen LogP contribution >= 0.6 is 0 Å². The van der Waals surface area contributed by atoms with Gasteiger partial charge in [-0.05, 0) is 85.3 Å². The monoisotopic (exact) mass is 582 g/mol. The van der Waals surface area contributed by atoms with E-state index in [9.17, 15) is 9.59 Å². The summed E-state index contributed by atoms with van der Waals surface area (Å²) < 4.78 is 0. The highest BCUT2D eigenvalue weighted by atomic mass is 16.1. The largest absolute Gasteiger partial charge is 0.384 e. The third kappa shape index (κ3) is 4.90. The van der Waals surface area contributed by atoms with Gasteiger partial charge in [0.1, 0.15) is 11.7 Å². The molecule has 0 spiro atoms. The molecule has 0 aliphatic rings. The van der Waals surface area contributed by atoms with Crippen molar-refractivity contribution in [2.75, 3.05) is 10.9 Å². The molecule has 0 saturated carbocycles. The highest BCUT2D eigenvalue weighted by molar-refractivity contribution is 6.15. The number of anilines is 2. The summed E-state index contributed by atoms with van der Waals surface area (Å²) in [6.07, 6.45) is 0. The number of nitrogens with two attached hydrogens (primary N) is 2. The van der Waals surface area contributed by atoms with E-state index in [1.165, 1.54) is 0 Å². The molecule has 12 heteroatoms. The van der Waals surface area contributed by atoms with Gasteiger partial charge in [-0.15, -0.1) is 0 Å². The molecule has 0 bridgehead atoms. The fraction of sp³-hybridized carbons (Fsp3) is 0.0625. The lowest BCUT2D eigenvalue weighted by Crippen LogP contribution is -2.31. The lowest BCUT2D eigenvalue weighted by atomic mass is 9.99. The number of benzene rings is 4. The standard InChI is InChI=1S/C32H26N10O2/c1-15-27(41-39-19-7-3-17(4-8-19)31(33)34)29(43)25-21-12-14-24-26(22(21)11-13-23(25)37-15)30(44)28(16(2)38-24)42-40-20-9-5-18(6-10-20)32(35)36/h3-14,39-40H,1-2H3,(H3,33,34)(H3,35,36). The van der Waals surface area contributed by atoms with Gasteiger partial charge >= 0.3 is 0 Å². The first-order valence-electron chi connectivity index (χ1n) is 13.5. The molecule has 0 aliphatic carbocycles. The lowest BCUT2D eigenvalue weighted by Gasteiger charge is -2.08. The molecule has 6 aromatic rings. The Bertz CT molecular complexity index is 2220. The summed E-state index contributed by atoms with van der Waals surface area (Å²) in [5.41, 5.74) is 20.4. The number of aryl methyl sites for hydroxylation is 2. The maximum absolute atomic E-state index is 13.8. The van der Waals surface area contributed by atoms with Crippen LogP contribution < -0.4 is 43.9 Å². The molecular formula is C32H26N10O2. The Morgan fingerprint density at radius 3 is 1.32 bits per heavy atom. The molecule has 6 rings (SSSR count). The number of nitrogens with one attached hydrogen (secondary N) is 4. The zero-order valence-corrected chi connectivity index (χ0v) is 23.7.